The lowest BCUT2D eigenvalue weighted by Gasteiger charge is -2.19. The van der Waals surface area contributed by atoms with E-state index >= 15 is 0 Å². The number of amides is 3. The van der Waals surface area contributed by atoms with Crippen LogP contribution in [0.3, 0.4) is 0 Å². The largest absolute Gasteiger partial charge is 0.352 e. The van der Waals surface area contributed by atoms with Crippen LogP contribution < -0.4 is 16.4 Å². The summed E-state index contributed by atoms with van der Waals surface area (Å²) in [5, 5.41) is 5.72. The molecular weight excluding hydrogens is 326 g/mol. The highest BCUT2D eigenvalue weighted by molar-refractivity contribution is 5.76. The van der Waals surface area contributed by atoms with E-state index in [1.165, 1.54) is 5.56 Å². The summed E-state index contributed by atoms with van der Waals surface area (Å²) in [5.41, 5.74) is 7.32. The summed E-state index contributed by atoms with van der Waals surface area (Å²) >= 11 is 0. The summed E-state index contributed by atoms with van der Waals surface area (Å²) in [6.07, 6.45) is 3.73. The lowest BCUT2D eigenvalue weighted by molar-refractivity contribution is -0.122. The zero-order chi connectivity index (χ0) is 18.6. The van der Waals surface area contributed by atoms with Gasteiger partial charge in [0.05, 0.1) is 6.04 Å². The van der Waals surface area contributed by atoms with Crippen LogP contribution in [-0.4, -0.2) is 18.5 Å². The maximum atomic E-state index is 12.4. The van der Waals surface area contributed by atoms with Crippen LogP contribution in [-0.2, 0) is 11.2 Å². The first kappa shape index (κ1) is 19.5. The van der Waals surface area contributed by atoms with E-state index in [-0.39, 0.29) is 11.9 Å². The molecule has 0 unspecified atom stereocenters. The Labute approximate surface area is 155 Å². The van der Waals surface area contributed by atoms with Crippen molar-refractivity contribution >= 4 is 11.9 Å². The zero-order valence-corrected chi connectivity index (χ0v) is 15.0. The molecule has 26 heavy (non-hydrogen) atoms. The Balaban J connectivity index is 1.84. The van der Waals surface area contributed by atoms with Gasteiger partial charge in [-0.25, -0.2) is 4.79 Å². The van der Waals surface area contributed by atoms with Crippen molar-refractivity contribution in [1.29, 1.82) is 0 Å². The summed E-state index contributed by atoms with van der Waals surface area (Å²) in [4.78, 5) is 23.0. The monoisotopic (exact) mass is 353 g/mol. The number of rotatable bonds is 10. The van der Waals surface area contributed by atoms with Gasteiger partial charge in [0.25, 0.3) is 0 Å². The Morgan fingerprint density at radius 3 is 2.19 bits per heavy atom. The molecule has 4 N–H and O–H groups in total. The molecule has 0 saturated heterocycles. The van der Waals surface area contributed by atoms with Crippen LogP contribution in [0.15, 0.2) is 60.7 Å². The molecule has 2 rings (SSSR count). The second-order valence-electron chi connectivity index (χ2n) is 6.32. The Morgan fingerprint density at radius 2 is 1.54 bits per heavy atom. The van der Waals surface area contributed by atoms with Crippen molar-refractivity contribution in [3.8, 4) is 0 Å². The summed E-state index contributed by atoms with van der Waals surface area (Å²) in [6, 6.07) is 19.7. The van der Waals surface area contributed by atoms with Crippen LogP contribution in [0, 0.1) is 0 Å². The molecule has 5 nitrogen and oxygen atoms in total. The van der Waals surface area contributed by atoms with Crippen LogP contribution in [0.1, 0.15) is 42.9 Å². The SMILES string of the molecule is NC(=O)NCCCCCC(=O)N[C@H](Cc1ccccc1)c1ccccc1. The molecule has 0 radical (unpaired) electrons. The van der Waals surface area contributed by atoms with E-state index in [2.05, 4.69) is 22.8 Å². The molecule has 1 atom stereocenters. The minimum absolute atomic E-state index is 0.0392. The second kappa shape index (κ2) is 10.9. The van der Waals surface area contributed by atoms with Crippen molar-refractivity contribution in [2.75, 3.05) is 6.54 Å². The Kier molecular flexibility index (Phi) is 8.19. The van der Waals surface area contributed by atoms with Gasteiger partial charge in [0.1, 0.15) is 0 Å². The molecular formula is C21H27N3O2. The fraction of sp³-hybridized carbons (Fsp3) is 0.333. The second-order valence-corrected chi connectivity index (χ2v) is 6.32. The third-order valence-corrected chi connectivity index (χ3v) is 4.20. The molecule has 138 valence electrons. The average molecular weight is 353 g/mol. The normalized spacial score (nSPS) is 11.5. The number of carbonyl (C=O) groups is 2. The molecule has 0 aliphatic carbocycles. The Morgan fingerprint density at radius 1 is 0.885 bits per heavy atom. The van der Waals surface area contributed by atoms with Gasteiger partial charge in [0.2, 0.25) is 5.91 Å². The highest BCUT2D eigenvalue weighted by atomic mass is 16.2. The molecule has 0 saturated carbocycles. The van der Waals surface area contributed by atoms with Crippen LogP contribution in [0.25, 0.3) is 0 Å². The smallest absolute Gasteiger partial charge is 0.312 e. The molecule has 2 aromatic carbocycles. The van der Waals surface area contributed by atoms with E-state index in [1.54, 1.807) is 0 Å². The number of unbranched alkanes of at least 4 members (excludes halogenated alkanes) is 2. The Hall–Kier alpha value is -2.82. The van der Waals surface area contributed by atoms with Gasteiger partial charge in [-0.05, 0) is 30.4 Å². The van der Waals surface area contributed by atoms with Gasteiger partial charge in [-0.1, -0.05) is 67.1 Å². The predicted molar refractivity (Wildman–Crippen MR) is 104 cm³/mol. The van der Waals surface area contributed by atoms with Crippen molar-refractivity contribution in [3.05, 3.63) is 71.8 Å². The average Bonchev–Trinajstić information content (AvgIpc) is 2.65. The number of benzene rings is 2. The minimum atomic E-state index is -0.505. The van der Waals surface area contributed by atoms with Gasteiger partial charge in [-0.2, -0.15) is 0 Å². The van der Waals surface area contributed by atoms with E-state index in [0.717, 1.165) is 31.2 Å². The summed E-state index contributed by atoms with van der Waals surface area (Å²) < 4.78 is 0. The van der Waals surface area contributed by atoms with Crippen LogP contribution in [0.2, 0.25) is 0 Å². The molecule has 5 heteroatoms. The van der Waals surface area contributed by atoms with Gasteiger partial charge in [-0.3, -0.25) is 4.79 Å². The quantitative estimate of drug-likeness (QED) is 0.573. The number of hydrogen-bond acceptors (Lipinski definition) is 2. The number of nitrogens with two attached hydrogens (primary N) is 1. The highest BCUT2D eigenvalue weighted by Gasteiger charge is 2.15. The number of urea groups is 1. The number of primary amides is 1. The van der Waals surface area contributed by atoms with Gasteiger partial charge < -0.3 is 16.4 Å². The summed E-state index contributed by atoms with van der Waals surface area (Å²) in [6.45, 7) is 0.553. The minimum Gasteiger partial charge on any atom is -0.352 e. The van der Waals surface area contributed by atoms with Crippen LogP contribution >= 0.6 is 0 Å². The van der Waals surface area contributed by atoms with Crippen molar-refractivity contribution in [1.82, 2.24) is 10.6 Å². The molecule has 0 spiro atoms. The molecule has 0 aromatic heterocycles. The number of hydrogen-bond donors (Lipinski definition) is 3. The third kappa shape index (κ3) is 7.38. The molecule has 0 aliphatic heterocycles. The topological polar surface area (TPSA) is 84.2 Å². The zero-order valence-electron chi connectivity index (χ0n) is 15.0. The Bertz CT molecular complexity index is 674. The van der Waals surface area contributed by atoms with Crippen LogP contribution in [0.5, 0.6) is 0 Å². The highest BCUT2D eigenvalue weighted by Crippen LogP contribution is 2.18. The van der Waals surface area contributed by atoms with E-state index in [4.69, 9.17) is 5.73 Å². The molecule has 2 aromatic rings. The lowest BCUT2D eigenvalue weighted by atomic mass is 9.98. The maximum absolute atomic E-state index is 12.4. The van der Waals surface area contributed by atoms with E-state index in [9.17, 15) is 9.59 Å². The van der Waals surface area contributed by atoms with E-state index < -0.39 is 6.03 Å². The first-order valence-corrected chi connectivity index (χ1v) is 9.06. The molecule has 0 bridgehead atoms. The van der Waals surface area contributed by atoms with E-state index in [1.807, 2.05) is 48.5 Å². The van der Waals surface area contributed by atoms with Gasteiger partial charge in [-0.15, -0.1) is 0 Å². The first-order valence-electron chi connectivity index (χ1n) is 9.06. The third-order valence-electron chi connectivity index (χ3n) is 4.20. The summed E-state index contributed by atoms with van der Waals surface area (Å²) in [5.74, 6) is 0.0534. The molecule has 0 heterocycles. The lowest BCUT2D eigenvalue weighted by Crippen LogP contribution is -2.30. The first-order chi connectivity index (χ1) is 12.6. The van der Waals surface area contributed by atoms with Gasteiger partial charge >= 0.3 is 6.03 Å². The van der Waals surface area contributed by atoms with E-state index in [0.29, 0.717) is 13.0 Å². The summed E-state index contributed by atoms with van der Waals surface area (Å²) in [7, 11) is 0. The fourth-order valence-corrected chi connectivity index (χ4v) is 2.85. The van der Waals surface area contributed by atoms with Crippen molar-refractivity contribution in [3.63, 3.8) is 0 Å². The molecule has 0 aliphatic rings. The fourth-order valence-electron chi connectivity index (χ4n) is 2.85. The van der Waals surface area contributed by atoms with Crippen molar-refractivity contribution < 1.29 is 9.59 Å². The van der Waals surface area contributed by atoms with Crippen molar-refractivity contribution in [2.45, 2.75) is 38.1 Å². The van der Waals surface area contributed by atoms with Gasteiger partial charge in [0, 0.05) is 13.0 Å². The standard InChI is InChI=1S/C21H27N3O2/c22-21(26)23-15-9-3-8-14-20(25)24-19(18-12-6-2-7-13-18)16-17-10-4-1-5-11-17/h1-2,4-7,10-13,19H,3,8-9,14-16H2,(H,24,25)(H3,22,23,26)/t19-/m1/s1. The molecule has 0 fully saturated rings. The maximum Gasteiger partial charge on any atom is 0.312 e. The van der Waals surface area contributed by atoms with Gasteiger partial charge in [0.15, 0.2) is 0 Å². The number of carbonyl (C=O) groups excluding carboxylic acids is 2. The van der Waals surface area contributed by atoms with Crippen LogP contribution in [0.4, 0.5) is 4.79 Å². The predicted octanol–water partition coefficient (Wildman–Crippen LogP) is 3.32. The molecule has 3 amide bonds. The number of nitrogens with one attached hydrogen (secondary N) is 2. The van der Waals surface area contributed by atoms with Crippen molar-refractivity contribution in [2.24, 2.45) is 5.73 Å².